The number of aliphatic imine (C=N–C) groups is 1. The molecule has 2 rings (SSSR count). The van der Waals surface area contributed by atoms with E-state index in [4.69, 9.17) is 33.0 Å². The van der Waals surface area contributed by atoms with Gasteiger partial charge in [-0.25, -0.2) is 9.79 Å². The van der Waals surface area contributed by atoms with E-state index in [0.717, 1.165) is 0 Å². The summed E-state index contributed by atoms with van der Waals surface area (Å²) in [4.78, 5) is 27.7. The number of hydrogen-bond donors (Lipinski definition) is 2. The van der Waals surface area contributed by atoms with Crippen molar-refractivity contribution in [3.8, 4) is 0 Å². The lowest BCUT2D eigenvalue weighted by Gasteiger charge is -2.26. The number of rotatable bonds is 6. The molecule has 9 heteroatoms. The van der Waals surface area contributed by atoms with Crippen LogP contribution < -0.4 is 5.32 Å². The van der Waals surface area contributed by atoms with Gasteiger partial charge < -0.3 is 15.2 Å². The van der Waals surface area contributed by atoms with Crippen LogP contribution >= 0.6 is 35.0 Å². The minimum absolute atomic E-state index is 0.00144. The molecule has 1 aliphatic heterocycles. The molecule has 0 aliphatic carbocycles. The van der Waals surface area contributed by atoms with Crippen molar-refractivity contribution >= 4 is 52.1 Å². The Morgan fingerprint density at radius 1 is 1.38 bits per heavy atom. The number of carbonyl (C=O) groups excluding carboxylic acids is 1. The van der Waals surface area contributed by atoms with Crippen LogP contribution in [0.25, 0.3) is 0 Å². The van der Waals surface area contributed by atoms with Gasteiger partial charge in [0.1, 0.15) is 6.04 Å². The largest absolute Gasteiger partial charge is 0.481 e. The van der Waals surface area contributed by atoms with Crippen LogP contribution in [0.15, 0.2) is 34.5 Å². The zero-order chi connectivity index (χ0) is 19.3. The van der Waals surface area contributed by atoms with E-state index in [1.165, 1.54) is 11.8 Å². The van der Waals surface area contributed by atoms with Crippen molar-refractivity contribution in [2.75, 3.05) is 12.4 Å². The minimum Gasteiger partial charge on any atom is -0.481 e. The highest BCUT2D eigenvalue weighted by Crippen LogP contribution is 2.39. The van der Waals surface area contributed by atoms with Gasteiger partial charge in [0.05, 0.1) is 28.6 Å². The third-order valence-corrected chi connectivity index (χ3v) is 5.27. The van der Waals surface area contributed by atoms with Gasteiger partial charge in [-0.1, -0.05) is 47.1 Å². The van der Waals surface area contributed by atoms with Crippen LogP contribution in [-0.2, 0) is 14.3 Å². The lowest BCUT2D eigenvalue weighted by atomic mass is 9.96. The van der Waals surface area contributed by atoms with Crippen molar-refractivity contribution in [2.24, 2.45) is 4.99 Å². The van der Waals surface area contributed by atoms with Crippen LogP contribution in [0.1, 0.15) is 31.9 Å². The van der Waals surface area contributed by atoms with Crippen LogP contribution in [0.4, 0.5) is 0 Å². The molecule has 0 amide bonds. The van der Waals surface area contributed by atoms with E-state index in [9.17, 15) is 9.59 Å². The second-order valence-electron chi connectivity index (χ2n) is 5.36. The smallest absolute Gasteiger partial charge is 0.338 e. The summed E-state index contributed by atoms with van der Waals surface area (Å²) in [6, 6.07) is 4.45. The quantitative estimate of drug-likeness (QED) is 0.680. The maximum absolute atomic E-state index is 12.4. The van der Waals surface area contributed by atoms with Crippen LogP contribution in [0.3, 0.4) is 0 Å². The summed E-state index contributed by atoms with van der Waals surface area (Å²) in [5.41, 5.74) is 1.51. The summed E-state index contributed by atoms with van der Waals surface area (Å²) in [7, 11) is 0. The van der Waals surface area contributed by atoms with Gasteiger partial charge in [0, 0.05) is 17.0 Å². The number of amidine groups is 1. The Balaban J connectivity index is 2.41. The predicted octanol–water partition coefficient (Wildman–Crippen LogP) is 4.04. The number of thioether (sulfide) groups is 1. The summed E-state index contributed by atoms with van der Waals surface area (Å²) in [5.74, 6) is -1.03. The molecule has 1 aliphatic rings. The van der Waals surface area contributed by atoms with Crippen molar-refractivity contribution in [3.63, 3.8) is 0 Å². The maximum Gasteiger partial charge on any atom is 0.338 e. The van der Waals surface area contributed by atoms with Crippen LogP contribution in [0, 0.1) is 0 Å². The van der Waals surface area contributed by atoms with Crippen molar-refractivity contribution < 1.29 is 19.4 Å². The van der Waals surface area contributed by atoms with Crippen LogP contribution in [-0.4, -0.2) is 34.6 Å². The topological polar surface area (TPSA) is 88.0 Å². The number of halogens is 2. The summed E-state index contributed by atoms with van der Waals surface area (Å²) < 4.78 is 5.15. The van der Waals surface area contributed by atoms with E-state index in [-0.39, 0.29) is 13.0 Å². The molecule has 0 spiro atoms. The molecule has 1 aromatic carbocycles. The number of ether oxygens (including phenoxy) is 1. The molecule has 0 bridgehead atoms. The molecule has 0 aromatic heterocycles. The van der Waals surface area contributed by atoms with Gasteiger partial charge in [-0.3, -0.25) is 4.79 Å². The molecule has 6 nitrogen and oxygen atoms in total. The molecule has 2 N–H and O–H groups in total. The molecule has 1 heterocycles. The summed E-state index contributed by atoms with van der Waals surface area (Å²) in [6.07, 6.45) is 0.00144. The molecule has 0 saturated carbocycles. The standard InChI is InChI=1S/C17H18Cl2N2O4S/c1-3-25-16(24)13-9(2)20-17(26-8-7-12(22)23)21-15(13)10-5-4-6-11(18)14(10)19/h4-6,15H,3,7-8H2,1-2H3,(H,20,21)(H,22,23). The molecule has 0 fully saturated rings. The Kier molecular flexibility index (Phi) is 7.37. The van der Waals surface area contributed by atoms with E-state index in [0.29, 0.717) is 37.8 Å². The summed E-state index contributed by atoms with van der Waals surface area (Å²) in [6.45, 7) is 3.70. The van der Waals surface area contributed by atoms with Crippen LogP contribution in [0.2, 0.25) is 10.0 Å². The van der Waals surface area contributed by atoms with E-state index in [1.54, 1.807) is 32.0 Å². The number of carboxylic acids is 1. The van der Waals surface area contributed by atoms with Crippen molar-refractivity contribution in [1.29, 1.82) is 0 Å². The first-order valence-corrected chi connectivity index (χ1v) is 9.60. The van der Waals surface area contributed by atoms with Crippen molar-refractivity contribution in [1.82, 2.24) is 5.32 Å². The first kappa shape index (κ1) is 20.6. The second-order valence-corrected chi connectivity index (χ2v) is 7.22. The van der Waals surface area contributed by atoms with Gasteiger partial charge in [-0.15, -0.1) is 0 Å². The maximum atomic E-state index is 12.4. The van der Waals surface area contributed by atoms with Gasteiger partial charge >= 0.3 is 11.9 Å². The average Bonchev–Trinajstić information content (AvgIpc) is 2.56. The number of esters is 1. The molecule has 26 heavy (non-hydrogen) atoms. The third kappa shape index (κ3) is 4.93. The third-order valence-electron chi connectivity index (χ3n) is 3.54. The number of nitrogens with zero attached hydrogens (tertiary/aromatic N) is 1. The second kappa shape index (κ2) is 9.30. The van der Waals surface area contributed by atoms with Gasteiger partial charge in [0.25, 0.3) is 0 Å². The lowest BCUT2D eigenvalue weighted by molar-refractivity contribution is -0.139. The fraction of sp³-hybridized carbons (Fsp3) is 0.353. The number of benzene rings is 1. The van der Waals surface area contributed by atoms with E-state index in [1.807, 2.05) is 0 Å². The lowest BCUT2D eigenvalue weighted by Crippen LogP contribution is -2.31. The molecule has 0 radical (unpaired) electrons. The van der Waals surface area contributed by atoms with Gasteiger partial charge in [-0.05, 0) is 19.9 Å². The summed E-state index contributed by atoms with van der Waals surface area (Å²) >= 11 is 13.7. The molecule has 1 aromatic rings. The summed E-state index contributed by atoms with van der Waals surface area (Å²) in [5, 5.41) is 13.0. The van der Waals surface area contributed by atoms with E-state index >= 15 is 0 Å². The minimum atomic E-state index is -0.886. The number of aliphatic carboxylic acids is 1. The Morgan fingerprint density at radius 2 is 2.12 bits per heavy atom. The Hall–Kier alpha value is -1.70. The highest BCUT2D eigenvalue weighted by atomic mass is 35.5. The average molecular weight is 417 g/mol. The normalized spacial score (nSPS) is 16.8. The fourth-order valence-electron chi connectivity index (χ4n) is 2.39. The van der Waals surface area contributed by atoms with E-state index < -0.39 is 18.0 Å². The van der Waals surface area contributed by atoms with Crippen molar-refractivity contribution in [3.05, 3.63) is 45.1 Å². The SMILES string of the molecule is CCOC(=O)C1=C(C)NC(SCCC(=O)O)=NC1c1cccc(Cl)c1Cl. The van der Waals surface area contributed by atoms with Crippen LogP contribution in [0.5, 0.6) is 0 Å². The molecular weight excluding hydrogens is 399 g/mol. The molecule has 0 saturated heterocycles. The van der Waals surface area contributed by atoms with E-state index in [2.05, 4.69) is 10.3 Å². The number of allylic oxidation sites excluding steroid dienone is 1. The number of nitrogens with one attached hydrogen (secondary N) is 1. The highest BCUT2D eigenvalue weighted by molar-refractivity contribution is 8.13. The highest BCUT2D eigenvalue weighted by Gasteiger charge is 2.32. The number of carboxylic acid groups (broad SMARTS) is 1. The first-order valence-electron chi connectivity index (χ1n) is 7.86. The van der Waals surface area contributed by atoms with Crippen molar-refractivity contribution in [2.45, 2.75) is 26.3 Å². The zero-order valence-corrected chi connectivity index (χ0v) is 16.5. The Bertz CT molecular complexity index is 780. The molecule has 1 atom stereocenters. The molecular formula is C17H18Cl2N2O4S. The predicted molar refractivity (Wildman–Crippen MR) is 104 cm³/mol. The zero-order valence-electron chi connectivity index (χ0n) is 14.2. The number of carbonyl (C=O) groups is 2. The fourth-order valence-corrected chi connectivity index (χ4v) is 3.67. The Morgan fingerprint density at radius 3 is 2.77 bits per heavy atom. The van der Waals surface area contributed by atoms with Gasteiger partial charge in [0.15, 0.2) is 5.17 Å². The molecule has 1 unspecified atom stereocenters. The van der Waals surface area contributed by atoms with Gasteiger partial charge in [0.2, 0.25) is 0 Å². The monoisotopic (exact) mass is 416 g/mol. The molecule has 140 valence electrons. The first-order chi connectivity index (χ1) is 12.3. The Labute approximate surface area is 165 Å². The van der Waals surface area contributed by atoms with Gasteiger partial charge in [-0.2, -0.15) is 0 Å². The number of hydrogen-bond acceptors (Lipinski definition) is 6.